The standard InChI is InChI=1S/C18H20ClNO2/c1-11-6-5-7-12(2)17(11)20-18(21)14(4)22-15-8-9-16(19)13(3)10-15/h5-10,14H,1-4H3,(H,20,21). The van der Waals surface area contributed by atoms with Crippen molar-refractivity contribution in [2.24, 2.45) is 0 Å². The Kier molecular flexibility index (Phi) is 5.09. The largest absolute Gasteiger partial charge is 0.481 e. The second-order valence-electron chi connectivity index (χ2n) is 5.43. The summed E-state index contributed by atoms with van der Waals surface area (Å²) in [5.41, 5.74) is 3.82. The minimum Gasteiger partial charge on any atom is -0.481 e. The number of carbonyl (C=O) groups excluding carboxylic acids is 1. The van der Waals surface area contributed by atoms with Gasteiger partial charge in [-0.1, -0.05) is 29.8 Å². The van der Waals surface area contributed by atoms with Gasteiger partial charge in [0, 0.05) is 10.7 Å². The van der Waals surface area contributed by atoms with E-state index in [0.29, 0.717) is 10.8 Å². The summed E-state index contributed by atoms with van der Waals surface area (Å²) >= 11 is 5.99. The van der Waals surface area contributed by atoms with Gasteiger partial charge in [-0.2, -0.15) is 0 Å². The number of carbonyl (C=O) groups is 1. The zero-order valence-corrected chi connectivity index (χ0v) is 14.0. The molecule has 1 N–H and O–H groups in total. The zero-order valence-electron chi connectivity index (χ0n) is 13.2. The van der Waals surface area contributed by atoms with Crippen molar-refractivity contribution < 1.29 is 9.53 Å². The van der Waals surface area contributed by atoms with Crippen molar-refractivity contribution in [3.05, 3.63) is 58.1 Å². The van der Waals surface area contributed by atoms with Crippen molar-refractivity contribution in [2.45, 2.75) is 33.8 Å². The Morgan fingerprint density at radius 3 is 2.32 bits per heavy atom. The highest BCUT2D eigenvalue weighted by Crippen LogP contribution is 2.23. The molecule has 0 radical (unpaired) electrons. The summed E-state index contributed by atoms with van der Waals surface area (Å²) in [6.07, 6.45) is -0.598. The van der Waals surface area contributed by atoms with Crippen molar-refractivity contribution >= 4 is 23.2 Å². The van der Waals surface area contributed by atoms with E-state index in [9.17, 15) is 4.79 Å². The van der Waals surface area contributed by atoms with E-state index < -0.39 is 6.10 Å². The number of nitrogens with one attached hydrogen (secondary N) is 1. The lowest BCUT2D eigenvalue weighted by atomic mass is 10.1. The first-order chi connectivity index (χ1) is 10.4. The van der Waals surface area contributed by atoms with Crippen LogP contribution in [0.3, 0.4) is 0 Å². The Morgan fingerprint density at radius 1 is 1.09 bits per heavy atom. The number of para-hydroxylation sites is 1. The van der Waals surface area contributed by atoms with E-state index in [-0.39, 0.29) is 5.91 Å². The molecule has 0 bridgehead atoms. The normalized spacial score (nSPS) is 11.9. The van der Waals surface area contributed by atoms with Crippen molar-refractivity contribution in [3.63, 3.8) is 0 Å². The Labute approximate surface area is 136 Å². The van der Waals surface area contributed by atoms with Crippen molar-refractivity contribution in [3.8, 4) is 5.75 Å². The summed E-state index contributed by atoms with van der Waals surface area (Å²) in [4.78, 5) is 12.3. The molecule has 0 aliphatic rings. The van der Waals surface area contributed by atoms with Gasteiger partial charge >= 0.3 is 0 Å². The van der Waals surface area contributed by atoms with E-state index in [1.807, 2.05) is 45.0 Å². The number of aryl methyl sites for hydroxylation is 3. The molecule has 116 valence electrons. The molecule has 0 aliphatic heterocycles. The highest BCUT2D eigenvalue weighted by molar-refractivity contribution is 6.31. The van der Waals surface area contributed by atoms with Crippen LogP contribution in [-0.4, -0.2) is 12.0 Å². The lowest BCUT2D eigenvalue weighted by molar-refractivity contribution is -0.122. The van der Waals surface area contributed by atoms with E-state index in [1.165, 1.54) is 0 Å². The molecule has 2 rings (SSSR count). The van der Waals surface area contributed by atoms with E-state index in [2.05, 4.69) is 5.32 Å². The smallest absolute Gasteiger partial charge is 0.265 e. The number of hydrogen-bond acceptors (Lipinski definition) is 2. The van der Waals surface area contributed by atoms with E-state index in [4.69, 9.17) is 16.3 Å². The maximum atomic E-state index is 12.3. The highest BCUT2D eigenvalue weighted by atomic mass is 35.5. The fourth-order valence-corrected chi connectivity index (χ4v) is 2.30. The van der Waals surface area contributed by atoms with Crippen molar-refractivity contribution in [1.29, 1.82) is 0 Å². The molecular formula is C18H20ClNO2. The van der Waals surface area contributed by atoms with Gasteiger partial charge in [0.15, 0.2) is 6.10 Å². The van der Waals surface area contributed by atoms with Gasteiger partial charge < -0.3 is 10.1 Å². The number of amides is 1. The topological polar surface area (TPSA) is 38.3 Å². The van der Waals surface area contributed by atoms with Crippen LogP contribution >= 0.6 is 11.6 Å². The van der Waals surface area contributed by atoms with Gasteiger partial charge in [-0.25, -0.2) is 0 Å². The first kappa shape index (κ1) is 16.4. The zero-order chi connectivity index (χ0) is 16.3. The maximum Gasteiger partial charge on any atom is 0.265 e. The van der Waals surface area contributed by atoms with Crippen LogP contribution in [0.1, 0.15) is 23.6 Å². The summed E-state index contributed by atoms with van der Waals surface area (Å²) < 4.78 is 5.69. The summed E-state index contributed by atoms with van der Waals surface area (Å²) in [6.45, 7) is 7.57. The van der Waals surface area contributed by atoms with Crippen molar-refractivity contribution in [1.82, 2.24) is 0 Å². The first-order valence-electron chi connectivity index (χ1n) is 7.18. The second kappa shape index (κ2) is 6.84. The maximum absolute atomic E-state index is 12.3. The quantitative estimate of drug-likeness (QED) is 0.889. The Bertz CT molecular complexity index is 677. The highest BCUT2D eigenvalue weighted by Gasteiger charge is 2.16. The summed E-state index contributed by atoms with van der Waals surface area (Å²) in [6, 6.07) is 11.3. The van der Waals surface area contributed by atoms with Crippen LogP contribution < -0.4 is 10.1 Å². The molecule has 2 aromatic rings. The third kappa shape index (κ3) is 3.80. The van der Waals surface area contributed by atoms with Crippen LogP contribution in [0.5, 0.6) is 5.75 Å². The number of benzene rings is 2. The number of hydrogen-bond donors (Lipinski definition) is 1. The third-order valence-corrected chi connectivity index (χ3v) is 3.96. The average molecular weight is 318 g/mol. The number of halogens is 1. The van der Waals surface area contributed by atoms with Crippen LogP contribution in [0, 0.1) is 20.8 Å². The fraction of sp³-hybridized carbons (Fsp3) is 0.278. The summed E-state index contributed by atoms with van der Waals surface area (Å²) in [5.74, 6) is 0.455. The first-order valence-corrected chi connectivity index (χ1v) is 7.56. The molecule has 0 saturated carbocycles. The molecule has 2 aromatic carbocycles. The number of anilines is 1. The van der Waals surface area contributed by atoms with Gasteiger partial charge in [0.1, 0.15) is 5.75 Å². The van der Waals surface area contributed by atoms with Gasteiger partial charge in [0.2, 0.25) is 0 Å². The molecule has 22 heavy (non-hydrogen) atoms. The molecule has 3 nitrogen and oxygen atoms in total. The second-order valence-corrected chi connectivity index (χ2v) is 5.83. The molecule has 0 aliphatic carbocycles. The minimum absolute atomic E-state index is 0.176. The monoisotopic (exact) mass is 317 g/mol. The summed E-state index contributed by atoms with van der Waals surface area (Å²) in [7, 11) is 0. The molecule has 1 atom stereocenters. The molecule has 0 spiro atoms. The molecular weight excluding hydrogens is 298 g/mol. The molecule has 0 saturated heterocycles. The SMILES string of the molecule is Cc1cc(OC(C)C(=O)Nc2c(C)cccc2C)ccc1Cl. The van der Waals surface area contributed by atoms with Crippen molar-refractivity contribution in [2.75, 3.05) is 5.32 Å². The fourth-order valence-electron chi connectivity index (χ4n) is 2.18. The Balaban J connectivity index is 2.07. The minimum atomic E-state index is -0.598. The molecule has 0 fully saturated rings. The predicted molar refractivity (Wildman–Crippen MR) is 90.8 cm³/mol. The number of ether oxygens (including phenoxy) is 1. The Hall–Kier alpha value is -2.00. The molecule has 0 heterocycles. The lowest BCUT2D eigenvalue weighted by Crippen LogP contribution is -2.30. The van der Waals surface area contributed by atoms with Gasteiger partial charge in [0.25, 0.3) is 5.91 Å². The number of rotatable bonds is 4. The van der Waals surface area contributed by atoms with Gasteiger partial charge in [-0.05, 0) is 62.6 Å². The molecule has 0 aromatic heterocycles. The Morgan fingerprint density at radius 2 is 1.73 bits per heavy atom. The van der Waals surface area contributed by atoms with Crippen LogP contribution in [0.4, 0.5) is 5.69 Å². The van der Waals surface area contributed by atoms with E-state index in [0.717, 1.165) is 22.4 Å². The third-order valence-electron chi connectivity index (χ3n) is 3.54. The van der Waals surface area contributed by atoms with Gasteiger partial charge in [-0.3, -0.25) is 4.79 Å². The lowest BCUT2D eigenvalue weighted by Gasteiger charge is -2.17. The van der Waals surface area contributed by atoms with Crippen LogP contribution in [-0.2, 0) is 4.79 Å². The van der Waals surface area contributed by atoms with Crippen LogP contribution in [0.2, 0.25) is 5.02 Å². The molecule has 1 unspecified atom stereocenters. The van der Waals surface area contributed by atoms with Gasteiger partial charge in [-0.15, -0.1) is 0 Å². The average Bonchev–Trinajstić information content (AvgIpc) is 2.46. The van der Waals surface area contributed by atoms with Gasteiger partial charge in [0.05, 0.1) is 0 Å². The molecule has 1 amide bonds. The summed E-state index contributed by atoms with van der Waals surface area (Å²) in [5, 5.41) is 3.62. The predicted octanol–water partition coefficient (Wildman–Crippen LogP) is 4.67. The van der Waals surface area contributed by atoms with E-state index >= 15 is 0 Å². The van der Waals surface area contributed by atoms with Crippen LogP contribution in [0.25, 0.3) is 0 Å². The van der Waals surface area contributed by atoms with E-state index in [1.54, 1.807) is 19.1 Å². The van der Waals surface area contributed by atoms with Crippen LogP contribution in [0.15, 0.2) is 36.4 Å². The molecule has 4 heteroatoms.